The third-order valence-corrected chi connectivity index (χ3v) is 3.50. The highest BCUT2D eigenvalue weighted by Gasteiger charge is 2.31. The first-order valence-corrected chi connectivity index (χ1v) is 6.08. The average Bonchev–Trinajstić information content (AvgIpc) is 2.78. The van der Waals surface area contributed by atoms with Crippen LogP contribution in [0.5, 0.6) is 0 Å². The number of hydrogen-bond acceptors (Lipinski definition) is 4. The van der Waals surface area contributed by atoms with Crippen LogP contribution in [-0.4, -0.2) is 42.2 Å². The van der Waals surface area contributed by atoms with E-state index in [-0.39, 0.29) is 0 Å². The lowest BCUT2D eigenvalue weighted by molar-refractivity contribution is 0.232. The van der Waals surface area contributed by atoms with E-state index in [1.165, 1.54) is 0 Å². The summed E-state index contributed by atoms with van der Waals surface area (Å²) in [7, 11) is 1.91. The number of likely N-dealkylation sites (tertiary alicyclic amines) is 1. The molecule has 0 aromatic carbocycles. The van der Waals surface area contributed by atoms with E-state index in [0.717, 1.165) is 18.1 Å². The number of hydrogen-bond donors (Lipinski definition) is 1. The highest BCUT2D eigenvalue weighted by molar-refractivity contribution is 7.09. The minimum atomic E-state index is -0.677. The van der Waals surface area contributed by atoms with Crippen LogP contribution >= 0.6 is 11.3 Å². The number of thiazole rings is 1. The Bertz CT molecular complexity index is 291. The van der Waals surface area contributed by atoms with Crippen LogP contribution in [0, 0.1) is 0 Å². The Morgan fingerprint density at radius 2 is 2.60 bits per heavy atom. The molecule has 1 N–H and O–H groups in total. The van der Waals surface area contributed by atoms with Gasteiger partial charge in [0.1, 0.15) is 11.2 Å². The molecule has 3 nitrogen and oxygen atoms in total. The topological polar surface area (TPSA) is 28.2 Å². The predicted octanol–water partition coefficient (Wildman–Crippen LogP) is 1.27. The number of nitrogens with zero attached hydrogens (tertiary/aromatic N) is 2. The second kappa shape index (κ2) is 5.01. The maximum atomic E-state index is 13.3. The zero-order valence-corrected chi connectivity index (χ0v) is 9.63. The van der Waals surface area contributed by atoms with Gasteiger partial charge in [-0.15, -0.1) is 11.3 Å². The normalized spacial score (nSPS) is 27.3. The largest absolute Gasteiger partial charge is 0.318 e. The molecule has 0 unspecified atom stereocenters. The molecule has 0 aliphatic carbocycles. The minimum absolute atomic E-state index is 0.314. The van der Waals surface area contributed by atoms with Gasteiger partial charge in [-0.3, -0.25) is 4.90 Å². The van der Waals surface area contributed by atoms with Crippen LogP contribution in [0.3, 0.4) is 0 Å². The van der Waals surface area contributed by atoms with E-state index in [9.17, 15) is 4.39 Å². The molecule has 0 saturated carbocycles. The van der Waals surface area contributed by atoms with Gasteiger partial charge >= 0.3 is 0 Å². The molecule has 1 aliphatic rings. The zero-order chi connectivity index (χ0) is 10.7. The molecule has 2 rings (SSSR count). The molecule has 84 valence electrons. The molecule has 15 heavy (non-hydrogen) atoms. The highest BCUT2D eigenvalue weighted by Crippen LogP contribution is 2.22. The number of aromatic nitrogens is 1. The summed E-state index contributed by atoms with van der Waals surface area (Å²) >= 11 is 1.64. The highest BCUT2D eigenvalue weighted by atomic mass is 32.1. The molecule has 1 saturated heterocycles. The molecule has 0 spiro atoms. The maximum Gasteiger partial charge on any atom is 0.114 e. The van der Waals surface area contributed by atoms with E-state index in [4.69, 9.17) is 0 Å². The summed E-state index contributed by atoms with van der Waals surface area (Å²) < 4.78 is 13.3. The van der Waals surface area contributed by atoms with Crippen LogP contribution in [0.4, 0.5) is 4.39 Å². The van der Waals surface area contributed by atoms with Crippen molar-refractivity contribution in [2.24, 2.45) is 0 Å². The van der Waals surface area contributed by atoms with Gasteiger partial charge in [-0.1, -0.05) is 0 Å². The third kappa shape index (κ3) is 2.74. The van der Waals surface area contributed by atoms with E-state index in [0.29, 0.717) is 19.0 Å². The predicted molar refractivity (Wildman–Crippen MR) is 59.8 cm³/mol. The molecular weight excluding hydrogens is 213 g/mol. The van der Waals surface area contributed by atoms with Gasteiger partial charge in [0.05, 0.1) is 6.54 Å². The van der Waals surface area contributed by atoms with Crippen molar-refractivity contribution in [3.63, 3.8) is 0 Å². The van der Waals surface area contributed by atoms with E-state index in [2.05, 4.69) is 15.2 Å². The Labute approximate surface area is 93.3 Å². The fraction of sp³-hybridized carbons (Fsp3) is 0.700. The lowest BCUT2D eigenvalue weighted by atomic mass is 10.2. The first-order chi connectivity index (χ1) is 7.29. The third-order valence-electron chi connectivity index (χ3n) is 2.74. The minimum Gasteiger partial charge on any atom is -0.318 e. The summed E-state index contributed by atoms with van der Waals surface area (Å²) in [5.41, 5.74) is 0. The smallest absolute Gasteiger partial charge is 0.114 e. The zero-order valence-electron chi connectivity index (χ0n) is 8.82. The summed E-state index contributed by atoms with van der Waals surface area (Å²) in [4.78, 5) is 6.41. The fourth-order valence-electron chi connectivity index (χ4n) is 2.07. The van der Waals surface area contributed by atoms with E-state index in [1.807, 2.05) is 12.4 Å². The van der Waals surface area contributed by atoms with Gasteiger partial charge in [0.15, 0.2) is 0 Å². The summed E-state index contributed by atoms with van der Waals surface area (Å²) in [6.45, 7) is 2.18. The second-order valence-electron chi connectivity index (χ2n) is 3.90. The van der Waals surface area contributed by atoms with Gasteiger partial charge in [0.25, 0.3) is 0 Å². The average molecular weight is 229 g/mol. The molecule has 2 heterocycles. The molecule has 1 aliphatic heterocycles. The van der Waals surface area contributed by atoms with Crippen LogP contribution in [0.2, 0.25) is 0 Å². The molecule has 1 aromatic heterocycles. The van der Waals surface area contributed by atoms with Crippen molar-refractivity contribution in [2.75, 3.05) is 20.1 Å². The molecular formula is C10H16FN3S. The second-order valence-corrected chi connectivity index (χ2v) is 4.88. The van der Waals surface area contributed by atoms with Crippen LogP contribution in [-0.2, 0) is 6.54 Å². The van der Waals surface area contributed by atoms with E-state index in [1.54, 1.807) is 17.5 Å². The number of rotatable bonds is 4. The quantitative estimate of drug-likeness (QED) is 0.843. The molecule has 0 bridgehead atoms. The van der Waals surface area contributed by atoms with Gasteiger partial charge in [0, 0.05) is 30.7 Å². The standard InChI is InChI=1S/C10H16FN3S/c1-12-5-9-4-8(11)6-14(9)7-10-13-2-3-15-10/h2-3,8-9,12H,4-7H2,1H3/t8-,9-/m1/s1. The Kier molecular flexibility index (Phi) is 3.66. The Balaban J connectivity index is 1.94. The van der Waals surface area contributed by atoms with Crippen molar-refractivity contribution in [2.45, 2.75) is 25.2 Å². The summed E-state index contributed by atoms with van der Waals surface area (Å²) in [6.07, 6.45) is 1.77. The van der Waals surface area contributed by atoms with Crippen LogP contribution < -0.4 is 5.32 Å². The van der Waals surface area contributed by atoms with E-state index < -0.39 is 6.17 Å². The summed E-state index contributed by atoms with van der Waals surface area (Å²) in [5.74, 6) is 0. The molecule has 0 radical (unpaired) electrons. The van der Waals surface area contributed by atoms with Crippen molar-refractivity contribution in [3.8, 4) is 0 Å². The number of alkyl halides is 1. The van der Waals surface area contributed by atoms with Crippen LogP contribution in [0.1, 0.15) is 11.4 Å². The van der Waals surface area contributed by atoms with E-state index >= 15 is 0 Å². The Hall–Kier alpha value is -0.520. The Morgan fingerprint density at radius 3 is 3.27 bits per heavy atom. The van der Waals surface area contributed by atoms with Crippen molar-refractivity contribution in [1.29, 1.82) is 0 Å². The summed E-state index contributed by atoms with van der Waals surface area (Å²) in [5, 5.41) is 6.15. The van der Waals surface area contributed by atoms with Gasteiger partial charge in [-0.05, 0) is 13.5 Å². The van der Waals surface area contributed by atoms with Gasteiger partial charge < -0.3 is 5.32 Å². The molecule has 0 amide bonds. The van der Waals surface area contributed by atoms with Crippen molar-refractivity contribution in [3.05, 3.63) is 16.6 Å². The number of likely N-dealkylation sites (N-methyl/N-ethyl adjacent to an activating group) is 1. The molecule has 5 heteroatoms. The van der Waals surface area contributed by atoms with Crippen molar-refractivity contribution < 1.29 is 4.39 Å². The SMILES string of the molecule is CNC[C@H]1C[C@@H](F)CN1Cc1nccs1. The Morgan fingerprint density at radius 1 is 1.73 bits per heavy atom. The van der Waals surface area contributed by atoms with Crippen molar-refractivity contribution >= 4 is 11.3 Å². The molecule has 2 atom stereocenters. The van der Waals surface area contributed by atoms with Crippen LogP contribution in [0.15, 0.2) is 11.6 Å². The lowest BCUT2D eigenvalue weighted by Gasteiger charge is -2.22. The van der Waals surface area contributed by atoms with Crippen molar-refractivity contribution in [1.82, 2.24) is 15.2 Å². The fourth-order valence-corrected chi connectivity index (χ4v) is 2.71. The number of nitrogens with one attached hydrogen (secondary N) is 1. The first kappa shape index (κ1) is 11.0. The maximum absolute atomic E-state index is 13.3. The molecule has 1 fully saturated rings. The monoisotopic (exact) mass is 229 g/mol. The number of halogens is 1. The first-order valence-electron chi connectivity index (χ1n) is 5.20. The molecule has 1 aromatic rings. The lowest BCUT2D eigenvalue weighted by Crippen LogP contribution is -2.36. The van der Waals surface area contributed by atoms with Gasteiger partial charge in [0.2, 0.25) is 0 Å². The van der Waals surface area contributed by atoms with Gasteiger partial charge in [-0.25, -0.2) is 9.37 Å². The van der Waals surface area contributed by atoms with Gasteiger partial charge in [-0.2, -0.15) is 0 Å². The van der Waals surface area contributed by atoms with Crippen LogP contribution in [0.25, 0.3) is 0 Å². The summed E-state index contributed by atoms with van der Waals surface area (Å²) in [6, 6.07) is 0.314.